The smallest absolute Gasteiger partial charge is 0.254 e. The van der Waals surface area contributed by atoms with E-state index in [1.54, 1.807) is 24.8 Å². The van der Waals surface area contributed by atoms with E-state index in [1.807, 2.05) is 53.4 Å². The first-order valence-electron chi connectivity index (χ1n) is 8.80. The largest absolute Gasteiger partial charge is 0.330 e. The van der Waals surface area contributed by atoms with E-state index in [0.717, 1.165) is 11.1 Å². The van der Waals surface area contributed by atoms with Gasteiger partial charge in [-0.15, -0.1) is 0 Å². The first-order chi connectivity index (χ1) is 12.6. The summed E-state index contributed by atoms with van der Waals surface area (Å²) >= 11 is 0. The average Bonchev–Trinajstić information content (AvgIpc) is 2.68. The second-order valence-electron chi connectivity index (χ2n) is 6.65. The fourth-order valence-electron chi connectivity index (χ4n) is 2.81. The van der Waals surface area contributed by atoms with E-state index in [4.69, 9.17) is 0 Å². The highest BCUT2D eigenvalue weighted by Crippen LogP contribution is 2.18. The number of benzene rings is 1. The number of carbonyl (C=O) groups excluding carboxylic acids is 1. The van der Waals surface area contributed by atoms with Gasteiger partial charge in [-0.25, -0.2) is 0 Å². The summed E-state index contributed by atoms with van der Waals surface area (Å²) in [5, 5.41) is 0. The molecule has 1 aromatic carbocycles. The first-order valence-corrected chi connectivity index (χ1v) is 8.80. The average molecular weight is 345 g/mol. The third kappa shape index (κ3) is 4.54. The topological polar surface area (TPSA) is 46.1 Å². The molecule has 3 rings (SSSR count). The molecule has 0 saturated heterocycles. The van der Waals surface area contributed by atoms with Crippen molar-refractivity contribution in [2.24, 2.45) is 0 Å². The molecular formula is C22H23N3O. The van der Waals surface area contributed by atoms with Crippen LogP contribution in [-0.4, -0.2) is 20.8 Å². The minimum absolute atomic E-state index is 0.0148. The second kappa shape index (κ2) is 8.39. The number of hydrogen-bond donors (Lipinski definition) is 0. The van der Waals surface area contributed by atoms with Crippen molar-refractivity contribution >= 4 is 5.91 Å². The van der Waals surface area contributed by atoms with E-state index in [1.165, 1.54) is 5.56 Å². The van der Waals surface area contributed by atoms with Crippen LogP contribution in [-0.2, 0) is 13.1 Å². The van der Waals surface area contributed by atoms with Crippen LogP contribution in [0.3, 0.4) is 0 Å². The van der Waals surface area contributed by atoms with Crippen molar-refractivity contribution in [2.45, 2.75) is 32.9 Å². The molecule has 4 nitrogen and oxygen atoms in total. The SMILES string of the molecule is CC(C)c1ccc(C(=O)N(Cc2ccncc2)Cc2cccnc2)cc1. The Morgan fingerprint density at radius 1 is 0.885 bits per heavy atom. The molecule has 0 radical (unpaired) electrons. The molecule has 0 saturated carbocycles. The predicted molar refractivity (Wildman–Crippen MR) is 103 cm³/mol. The molecule has 0 aliphatic carbocycles. The third-order valence-electron chi connectivity index (χ3n) is 4.33. The van der Waals surface area contributed by atoms with Crippen LogP contribution in [0, 0.1) is 0 Å². The predicted octanol–water partition coefficient (Wildman–Crippen LogP) is 4.44. The molecule has 26 heavy (non-hydrogen) atoms. The lowest BCUT2D eigenvalue weighted by molar-refractivity contribution is 0.0730. The van der Waals surface area contributed by atoms with Crippen molar-refractivity contribution in [2.75, 3.05) is 0 Å². The Labute approximate surface area is 154 Å². The number of nitrogens with zero attached hydrogens (tertiary/aromatic N) is 3. The zero-order valence-electron chi connectivity index (χ0n) is 15.2. The zero-order chi connectivity index (χ0) is 18.4. The fraction of sp³-hybridized carbons (Fsp3) is 0.227. The highest BCUT2D eigenvalue weighted by molar-refractivity contribution is 5.94. The van der Waals surface area contributed by atoms with Crippen molar-refractivity contribution in [1.29, 1.82) is 0 Å². The normalized spacial score (nSPS) is 10.7. The van der Waals surface area contributed by atoms with Crippen LogP contribution in [0.15, 0.2) is 73.3 Å². The van der Waals surface area contributed by atoms with Crippen LogP contribution in [0.5, 0.6) is 0 Å². The minimum Gasteiger partial charge on any atom is -0.330 e. The maximum atomic E-state index is 13.1. The highest BCUT2D eigenvalue weighted by Gasteiger charge is 2.17. The van der Waals surface area contributed by atoms with Gasteiger partial charge >= 0.3 is 0 Å². The summed E-state index contributed by atoms with van der Waals surface area (Å²) in [4.78, 5) is 23.2. The summed E-state index contributed by atoms with van der Waals surface area (Å²) in [5.74, 6) is 0.462. The molecule has 132 valence electrons. The van der Waals surface area contributed by atoms with Crippen LogP contribution in [0.25, 0.3) is 0 Å². The van der Waals surface area contributed by atoms with E-state index in [0.29, 0.717) is 24.6 Å². The Hall–Kier alpha value is -3.01. The van der Waals surface area contributed by atoms with Gasteiger partial charge in [0.15, 0.2) is 0 Å². The van der Waals surface area contributed by atoms with Crippen LogP contribution >= 0.6 is 0 Å². The molecule has 0 unspecified atom stereocenters. The Bertz CT molecular complexity index is 789. The summed E-state index contributed by atoms with van der Waals surface area (Å²) in [6.07, 6.45) is 7.04. The monoisotopic (exact) mass is 345 g/mol. The number of pyridine rings is 2. The summed E-state index contributed by atoms with van der Waals surface area (Å²) in [6.45, 7) is 5.34. The van der Waals surface area contributed by atoms with E-state index in [9.17, 15) is 4.79 Å². The molecule has 0 N–H and O–H groups in total. The van der Waals surface area contributed by atoms with Crippen molar-refractivity contribution < 1.29 is 4.79 Å². The molecule has 2 aromatic heterocycles. The lowest BCUT2D eigenvalue weighted by Gasteiger charge is -2.23. The molecule has 0 aliphatic rings. The van der Waals surface area contributed by atoms with Crippen molar-refractivity contribution in [3.63, 3.8) is 0 Å². The van der Waals surface area contributed by atoms with Crippen LogP contribution < -0.4 is 0 Å². The van der Waals surface area contributed by atoms with Gasteiger partial charge in [-0.3, -0.25) is 14.8 Å². The Balaban J connectivity index is 1.84. The molecular weight excluding hydrogens is 322 g/mol. The molecule has 2 heterocycles. The minimum atomic E-state index is 0.0148. The number of carbonyl (C=O) groups is 1. The quantitative estimate of drug-likeness (QED) is 0.663. The van der Waals surface area contributed by atoms with Gasteiger partial charge in [0, 0.05) is 43.4 Å². The lowest BCUT2D eigenvalue weighted by atomic mass is 10.0. The Morgan fingerprint density at radius 2 is 1.58 bits per heavy atom. The molecule has 0 fully saturated rings. The molecule has 0 atom stereocenters. The number of aromatic nitrogens is 2. The van der Waals surface area contributed by atoms with Crippen molar-refractivity contribution in [3.05, 3.63) is 95.6 Å². The summed E-state index contributed by atoms with van der Waals surface area (Å²) < 4.78 is 0. The fourth-order valence-corrected chi connectivity index (χ4v) is 2.81. The zero-order valence-corrected chi connectivity index (χ0v) is 15.2. The molecule has 3 aromatic rings. The second-order valence-corrected chi connectivity index (χ2v) is 6.65. The molecule has 4 heteroatoms. The molecule has 0 aliphatic heterocycles. The summed E-state index contributed by atoms with van der Waals surface area (Å²) in [7, 11) is 0. The van der Waals surface area contributed by atoms with Crippen LogP contribution in [0.4, 0.5) is 0 Å². The number of amides is 1. The molecule has 0 spiro atoms. The lowest BCUT2D eigenvalue weighted by Crippen LogP contribution is -2.30. The van der Waals surface area contributed by atoms with E-state index in [2.05, 4.69) is 23.8 Å². The van der Waals surface area contributed by atoms with Crippen molar-refractivity contribution in [1.82, 2.24) is 14.9 Å². The van der Waals surface area contributed by atoms with Gasteiger partial charge in [0.1, 0.15) is 0 Å². The first kappa shape index (κ1) is 17.8. The van der Waals surface area contributed by atoms with Crippen LogP contribution in [0.2, 0.25) is 0 Å². The van der Waals surface area contributed by atoms with Gasteiger partial charge in [-0.2, -0.15) is 0 Å². The van der Waals surface area contributed by atoms with E-state index < -0.39 is 0 Å². The van der Waals surface area contributed by atoms with Gasteiger partial charge in [-0.05, 0) is 52.9 Å². The van der Waals surface area contributed by atoms with Gasteiger partial charge < -0.3 is 4.90 Å². The van der Waals surface area contributed by atoms with E-state index in [-0.39, 0.29) is 5.91 Å². The third-order valence-corrected chi connectivity index (χ3v) is 4.33. The highest BCUT2D eigenvalue weighted by atomic mass is 16.2. The number of rotatable bonds is 6. The Morgan fingerprint density at radius 3 is 2.19 bits per heavy atom. The van der Waals surface area contributed by atoms with Crippen LogP contribution in [0.1, 0.15) is 46.8 Å². The standard InChI is InChI=1S/C22H23N3O/c1-17(2)20-5-7-21(8-6-20)22(26)25(15-18-9-12-23-13-10-18)16-19-4-3-11-24-14-19/h3-14,17H,15-16H2,1-2H3. The summed E-state index contributed by atoms with van der Waals surface area (Å²) in [6, 6.07) is 15.7. The van der Waals surface area contributed by atoms with Gasteiger partial charge in [0.05, 0.1) is 0 Å². The maximum Gasteiger partial charge on any atom is 0.254 e. The van der Waals surface area contributed by atoms with Gasteiger partial charge in [0.25, 0.3) is 5.91 Å². The van der Waals surface area contributed by atoms with E-state index >= 15 is 0 Å². The number of hydrogen-bond acceptors (Lipinski definition) is 3. The van der Waals surface area contributed by atoms with Crippen molar-refractivity contribution in [3.8, 4) is 0 Å². The van der Waals surface area contributed by atoms with Gasteiger partial charge in [0.2, 0.25) is 0 Å². The molecule has 1 amide bonds. The maximum absolute atomic E-state index is 13.1. The Kier molecular flexibility index (Phi) is 5.74. The summed E-state index contributed by atoms with van der Waals surface area (Å²) in [5.41, 5.74) is 3.99. The molecule has 0 bridgehead atoms. The van der Waals surface area contributed by atoms with Gasteiger partial charge in [-0.1, -0.05) is 32.0 Å².